The Balaban J connectivity index is 0.00000729. The van der Waals surface area contributed by atoms with Gasteiger partial charge in [0.05, 0.1) is 6.54 Å². The van der Waals surface area contributed by atoms with Crippen LogP contribution in [0.25, 0.3) is 0 Å². The Kier molecular flexibility index (Phi) is 15.4. The molecule has 162 valence electrons. The highest BCUT2D eigenvalue weighted by atomic mass is 127. The summed E-state index contributed by atoms with van der Waals surface area (Å²) in [5.74, 6) is 0.544. The van der Waals surface area contributed by atoms with Crippen LogP contribution in [0.4, 0.5) is 4.39 Å². The summed E-state index contributed by atoms with van der Waals surface area (Å²) in [5.41, 5.74) is 0.922. The lowest BCUT2D eigenvalue weighted by Gasteiger charge is -2.21. The number of nitrogens with one attached hydrogen (secondary N) is 2. The van der Waals surface area contributed by atoms with Gasteiger partial charge in [-0.1, -0.05) is 26.0 Å². The predicted octanol–water partition coefficient (Wildman–Crippen LogP) is 4.20. The lowest BCUT2D eigenvalue weighted by molar-refractivity contribution is 0.111. The summed E-state index contributed by atoms with van der Waals surface area (Å²) in [7, 11) is 1.65. The maximum Gasteiger partial charge on any atom is 0.191 e. The van der Waals surface area contributed by atoms with Gasteiger partial charge in [-0.2, -0.15) is 0 Å². The van der Waals surface area contributed by atoms with Crippen LogP contribution in [0.1, 0.15) is 52.2 Å². The van der Waals surface area contributed by atoms with Crippen molar-refractivity contribution in [3.63, 3.8) is 0 Å². The number of benzene rings is 1. The maximum atomic E-state index is 13.1. The molecule has 2 unspecified atom stereocenters. The highest BCUT2D eigenvalue weighted by Gasteiger charge is 2.12. The second-order valence-electron chi connectivity index (χ2n) is 6.71. The molecule has 2 atom stereocenters. The molecule has 0 aliphatic carbocycles. The predicted molar refractivity (Wildman–Crippen MR) is 127 cm³/mol. The average Bonchev–Trinajstić information content (AvgIpc) is 2.67. The molecule has 0 aliphatic rings. The third kappa shape index (κ3) is 10.6. The number of ether oxygens (including phenoxy) is 1. The van der Waals surface area contributed by atoms with Crippen molar-refractivity contribution in [3.05, 3.63) is 35.6 Å². The van der Waals surface area contributed by atoms with Gasteiger partial charge in [-0.3, -0.25) is 4.99 Å². The molecule has 0 spiro atoms. The van der Waals surface area contributed by atoms with E-state index < -0.39 is 0 Å². The summed E-state index contributed by atoms with van der Waals surface area (Å²) in [5, 5.41) is 6.76. The van der Waals surface area contributed by atoms with Crippen molar-refractivity contribution in [2.75, 3.05) is 39.8 Å². The van der Waals surface area contributed by atoms with Crippen LogP contribution < -0.4 is 10.6 Å². The number of guanidine groups is 1. The number of aliphatic imine (C=N–C) groups is 1. The van der Waals surface area contributed by atoms with Gasteiger partial charge in [-0.25, -0.2) is 4.39 Å². The highest BCUT2D eigenvalue weighted by Crippen LogP contribution is 2.17. The van der Waals surface area contributed by atoms with Crippen molar-refractivity contribution in [1.82, 2.24) is 15.5 Å². The molecule has 1 aromatic carbocycles. The molecule has 1 rings (SSSR count). The first-order valence-electron chi connectivity index (χ1n) is 10.1. The molecule has 0 saturated heterocycles. The summed E-state index contributed by atoms with van der Waals surface area (Å²) in [6.07, 6.45) is 2.05. The van der Waals surface area contributed by atoms with Crippen LogP contribution in [0.2, 0.25) is 0 Å². The maximum absolute atomic E-state index is 13.1. The molecular formula is C21H38FIN4O. The molecule has 7 heteroatoms. The lowest BCUT2D eigenvalue weighted by atomic mass is 10.1. The number of hydrogen-bond donors (Lipinski definition) is 2. The van der Waals surface area contributed by atoms with E-state index in [9.17, 15) is 4.39 Å². The van der Waals surface area contributed by atoms with Gasteiger partial charge in [-0.15, -0.1) is 24.0 Å². The smallest absolute Gasteiger partial charge is 0.191 e. The molecule has 0 fully saturated rings. The van der Waals surface area contributed by atoms with Gasteiger partial charge in [-0.05, 0) is 64.0 Å². The Morgan fingerprint density at radius 3 is 2.36 bits per heavy atom. The third-order valence-corrected chi connectivity index (χ3v) is 4.67. The van der Waals surface area contributed by atoms with Crippen LogP contribution >= 0.6 is 24.0 Å². The molecule has 2 N–H and O–H groups in total. The monoisotopic (exact) mass is 508 g/mol. The van der Waals surface area contributed by atoms with Crippen LogP contribution in [-0.4, -0.2) is 56.7 Å². The fourth-order valence-corrected chi connectivity index (χ4v) is 2.95. The standard InChI is InChI=1S/C21H37FN4O.HI/c1-6-23-21(25-17(4)10-9-15-26(7-2)8-3)24-16-20(27-5)18-11-13-19(22)14-12-18;/h11-14,17,20H,6-10,15-16H2,1-5H3,(H2,23,24,25);1H. The van der Waals surface area contributed by atoms with E-state index in [-0.39, 0.29) is 35.9 Å². The quantitative estimate of drug-likeness (QED) is 0.253. The van der Waals surface area contributed by atoms with Gasteiger partial charge >= 0.3 is 0 Å². The molecule has 0 heterocycles. The molecule has 0 amide bonds. The van der Waals surface area contributed by atoms with E-state index in [1.807, 2.05) is 0 Å². The Labute approximate surface area is 187 Å². The first-order valence-corrected chi connectivity index (χ1v) is 10.1. The van der Waals surface area contributed by atoms with Gasteiger partial charge in [0.1, 0.15) is 11.9 Å². The molecule has 0 saturated carbocycles. The van der Waals surface area contributed by atoms with E-state index in [1.165, 1.54) is 12.1 Å². The van der Waals surface area contributed by atoms with Crippen LogP contribution in [0.5, 0.6) is 0 Å². The van der Waals surface area contributed by atoms with Crippen LogP contribution in [0.3, 0.4) is 0 Å². The molecule has 1 aromatic rings. The molecule has 0 aliphatic heterocycles. The SMILES string of the molecule is CCNC(=NCC(OC)c1ccc(F)cc1)NC(C)CCCN(CC)CC.I. The largest absolute Gasteiger partial charge is 0.375 e. The van der Waals surface area contributed by atoms with E-state index in [0.717, 1.165) is 50.5 Å². The fourth-order valence-electron chi connectivity index (χ4n) is 2.95. The number of nitrogens with zero attached hydrogens (tertiary/aromatic N) is 2. The van der Waals surface area contributed by atoms with Crippen molar-refractivity contribution >= 4 is 29.9 Å². The number of hydrogen-bond acceptors (Lipinski definition) is 3. The average molecular weight is 508 g/mol. The summed E-state index contributed by atoms with van der Waals surface area (Å²) in [6.45, 7) is 13.2. The van der Waals surface area contributed by atoms with Crippen molar-refractivity contribution in [2.24, 2.45) is 4.99 Å². The first kappa shape index (κ1) is 27.1. The van der Waals surface area contributed by atoms with Gasteiger partial charge in [0, 0.05) is 19.7 Å². The van der Waals surface area contributed by atoms with E-state index in [4.69, 9.17) is 4.74 Å². The topological polar surface area (TPSA) is 48.9 Å². The van der Waals surface area contributed by atoms with E-state index in [2.05, 4.69) is 48.2 Å². The number of rotatable bonds is 12. The highest BCUT2D eigenvalue weighted by molar-refractivity contribution is 14.0. The zero-order valence-corrected chi connectivity index (χ0v) is 20.3. The minimum Gasteiger partial charge on any atom is -0.375 e. The van der Waals surface area contributed by atoms with Crippen LogP contribution in [0, 0.1) is 5.82 Å². The Morgan fingerprint density at radius 1 is 1.18 bits per heavy atom. The summed E-state index contributed by atoms with van der Waals surface area (Å²) < 4.78 is 18.7. The van der Waals surface area contributed by atoms with Crippen molar-refractivity contribution in [2.45, 2.75) is 52.7 Å². The minimum absolute atomic E-state index is 0. The Hall–Kier alpha value is -0.930. The Morgan fingerprint density at radius 2 is 1.82 bits per heavy atom. The van der Waals surface area contributed by atoms with Gasteiger partial charge in [0.25, 0.3) is 0 Å². The van der Waals surface area contributed by atoms with E-state index >= 15 is 0 Å². The Bertz CT molecular complexity index is 538. The third-order valence-electron chi connectivity index (χ3n) is 4.67. The summed E-state index contributed by atoms with van der Waals surface area (Å²) in [4.78, 5) is 7.11. The van der Waals surface area contributed by atoms with Gasteiger partial charge in [0.15, 0.2) is 5.96 Å². The summed E-state index contributed by atoms with van der Waals surface area (Å²) >= 11 is 0. The number of methoxy groups -OCH3 is 1. The molecule has 0 radical (unpaired) electrons. The van der Waals surface area contributed by atoms with Crippen LogP contribution in [0.15, 0.2) is 29.3 Å². The molecular weight excluding hydrogens is 470 g/mol. The number of halogens is 2. The second kappa shape index (κ2) is 15.9. The molecule has 0 bridgehead atoms. The molecule has 0 aromatic heterocycles. The van der Waals surface area contributed by atoms with E-state index in [0.29, 0.717) is 12.6 Å². The first-order chi connectivity index (χ1) is 13.0. The van der Waals surface area contributed by atoms with E-state index in [1.54, 1.807) is 19.2 Å². The van der Waals surface area contributed by atoms with Crippen molar-refractivity contribution in [3.8, 4) is 0 Å². The normalized spacial score (nSPS) is 13.8. The lowest BCUT2D eigenvalue weighted by Crippen LogP contribution is -2.42. The molecule has 28 heavy (non-hydrogen) atoms. The van der Waals surface area contributed by atoms with Crippen molar-refractivity contribution in [1.29, 1.82) is 0 Å². The zero-order chi connectivity index (χ0) is 20.1. The summed E-state index contributed by atoms with van der Waals surface area (Å²) in [6, 6.07) is 6.73. The minimum atomic E-state index is -0.245. The molecule has 5 nitrogen and oxygen atoms in total. The zero-order valence-electron chi connectivity index (χ0n) is 18.0. The van der Waals surface area contributed by atoms with Gasteiger partial charge in [0.2, 0.25) is 0 Å². The van der Waals surface area contributed by atoms with Crippen molar-refractivity contribution < 1.29 is 9.13 Å². The fraction of sp³-hybridized carbons (Fsp3) is 0.667. The van der Waals surface area contributed by atoms with Gasteiger partial charge < -0.3 is 20.3 Å². The second-order valence-corrected chi connectivity index (χ2v) is 6.71. The van der Waals surface area contributed by atoms with Crippen LogP contribution in [-0.2, 0) is 4.74 Å².